The Hall–Kier alpha value is -2.59. The van der Waals surface area contributed by atoms with E-state index in [1.54, 1.807) is 4.98 Å². The Kier molecular flexibility index (Phi) is 4.32. The number of H-pyrrole nitrogens is 1. The number of hydrogen-bond donors (Lipinski definition) is 1. The van der Waals surface area contributed by atoms with Crippen LogP contribution in [0.15, 0.2) is 10.9 Å². The van der Waals surface area contributed by atoms with Crippen molar-refractivity contribution in [3.05, 3.63) is 32.1 Å². The van der Waals surface area contributed by atoms with Gasteiger partial charge in [0, 0.05) is 6.07 Å². The van der Waals surface area contributed by atoms with Crippen LogP contribution in [0.3, 0.4) is 0 Å². The molecule has 0 radical (unpaired) electrons. The second-order valence-electron chi connectivity index (χ2n) is 3.25. The van der Waals surface area contributed by atoms with Crippen LogP contribution in [0.4, 0.5) is 19.0 Å². The van der Waals surface area contributed by atoms with E-state index in [9.17, 15) is 32.9 Å². The van der Waals surface area contributed by atoms with E-state index in [2.05, 4.69) is 9.47 Å². The second-order valence-corrected chi connectivity index (χ2v) is 3.25. The lowest BCUT2D eigenvalue weighted by Crippen LogP contribution is -2.23. The van der Waals surface area contributed by atoms with Crippen LogP contribution in [0.2, 0.25) is 0 Å². The maximum absolute atomic E-state index is 12.2. The maximum Gasteiger partial charge on any atom is 0.573 e. The number of nitrogens with one attached hydrogen (secondary N) is 1. The summed E-state index contributed by atoms with van der Waals surface area (Å²) in [7, 11) is 0. The van der Waals surface area contributed by atoms with Crippen LogP contribution < -0.4 is 10.3 Å². The van der Waals surface area contributed by atoms with Gasteiger partial charge >= 0.3 is 23.7 Å². The normalized spacial score (nSPS) is 11.0. The minimum Gasteiger partial charge on any atom is -0.462 e. The molecular formula is C9H7F3N2O6. The summed E-state index contributed by atoms with van der Waals surface area (Å²) in [4.78, 5) is 33.4. The van der Waals surface area contributed by atoms with E-state index in [4.69, 9.17) is 0 Å². The number of nitro groups is 1. The minimum absolute atomic E-state index is 0.203. The number of carbonyl (C=O) groups is 1. The quantitative estimate of drug-likeness (QED) is 0.510. The lowest BCUT2D eigenvalue weighted by Gasteiger charge is -2.12. The molecule has 0 aromatic carbocycles. The number of rotatable bonds is 4. The van der Waals surface area contributed by atoms with E-state index in [1.807, 2.05) is 0 Å². The summed E-state index contributed by atoms with van der Waals surface area (Å²) in [5, 5.41) is 10.6. The largest absolute Gasteiger partial charge is 0.573 e. The molecule has 1 rings (SSSR count). The number of ether oxygens (including phenoxy) is 2. The van der Waals surface area contributed by atoms with Crippen molar-refractivity contribution < 1.29 is 32.4 Å². The number of nitrogens with zero attached hydrogens (tertiary/aromatic N) is 1. The summed E-state index contributed by atoms with van der Waals surface area (Å²) in [6, 6.07) is 0.423. The van der Waals surface area contributed by atoms with Gasteiger partial charge in [-0.25, -0.2) is 14.6 Å². The molecular weight excluding hydrogens is 289 g/mol. The van der Waals surface area contributed by atoms with E-state index in [0.29, 0.717) is 6.07 Å². The molecule has 1 N–H and O–H groups in total. The predicted molar refractivity (Wildman–Crippen MR) is 56.4 cm³/mol. The van der Waals surface area contributed by atoms with Crippen LogP contribution in [0.5, 0.6) is 5.75 Å². The van der Waals surface area contributed by atoms with Gasteiger partial charge in [-0.1, -0.05) is 0 Å². The molecule has 20 heavy (non-hydrogen) atoms. The summed E-state index contributed by atoms with van der Waals surface area (Å²) < 4.78 is 44.5. The number of aromatic nitrogens is 1. The summed E-state index contributed by atoms with van der Waals surface area (Å²) in [6.45, 7) is 1.16. The molecule has 0 spiro atoms. The average molecular weight is 296 g/mol. The molecule has 0 atom stereocenters. The fourth-order valence-electron chi connectivity index (χ4n) is 1.24. The van der Waals surface area contributed by atoms with Crippen molar-refractivity contribution in [2.75, 3.05) is 6.61 Å². The Morgan fingerprint density at radius 2 is 2.10 bits per heavy atom. The van der Waals surface area contributed by atoms with E-state index >= 15 is 0 Å². The number of alkyl halides is 3. The molecule has 0 saturated carbocycles. The van der Waals surface area contributed by atoms with Gasteiger partial charge in [0.2, 0.25) is 5.75 Å². The number of hydrogen-bond acceptors (Lipinski definition) is 6. The summed E-state index contributed by atoms with van der Waals surface area (Å²) in [6.07, 6.45) is -5.29. The highest BCUT2D eigenvalue weighted by molar-refractivity contribution is 5.93. The monoisotopic (exact) mass is 296 g/mol. The van der Waals surface area contributed by atoms with Crippen molar-refractivity contribution in [1.29, 1.82) is 0 Å². The molecule has 0 fully saturated rings. The summed E-state index contributed by atoms with van der Waals surface area (Å²) in [5.41, 5.74) is -2.13. The van der Waals surface area contributed by atoms with Gasteiger partial charge in [-0.15, -0.1) is 13.2 Å². The lowest BCUT2D eigenvalue weighted by atomic mass is 10.2. The van der Waals surface area contributed by atoms with Crippen LogP contribution in [0, 0.1) is 10.1 Å². The highest BCUT2D eigenvalue weighted by atomic mass is 19.4. The number of esters is 1. The molecule has 1 aromatic rings. The molecule has 0 aliphatic heterocycles. The first-order valence-corrected chi connectivity index (χ1v) is 5.00. The van der Waals surface area contributed by atoms with Gasteiger partial charge in [-0.05, 0) is 11.8 Å². The van der Waals surface area contributed by atoms with Gasteiger partial charge in [-0.2, -0.15) is 0 Å². The third-order valence-corrected chi connectivity index (χ3v) is 1.87. The van der Waals surface area contributed by atoms with Crippen LogP contribution in [-0.2, 0) is 4.74 Å². The molecule has 0 saturated heterocycles. The zero-order valence-corrected chi connectivity index (χ0v) is 9.82. The van der Waals surface area contributed by atoms with Gasteiger partial charge in [0.15, 0.2) is 0 Å². The topological polar surface area (TPSA) is 112 Å². The van der Waals surface area contributed by atoms with Crippen molar-refractivity contribution in [2.45, 2.75) is 13.3 Å². The number of halogens is 3. The number of pyridine rings is 1. The Morgan fingerprint density at radius 1 is 1.50 bits per heavy atom. The van der Waals surface area contributed by atoms with Crippen LogP contribution in [0.1, 0.15) is 17.3 Å². The number of carbonyl (C=O) groups excluding carboxylic acids is 1. The van der Waals surface area contributed by atoms with Crippen molar-refractivity contribution in [1.82, 2.24) is 4.98 Å². The summed E-state index contributed by atoms with van der Waals surface area (Å²) >= 11 is 0. The highest BCUT2D eigenvalue weighted by Gasteiger charge is 2.38. The molecule has 0 bridgehead atoms. The first-order chi connectivity index (χ1) is 9.15. The van der Waals surface area contributed by atoms with Crippen molar-refractivity contribution in [2.24, 2.45) is 0 Å². The fraction of sp³-hybridized carbons (Fsp3) is 0.333. The smallest absolute Gasteiger partial charge is 0.462 e. The Balaban J connectivity index is 3.51. The summed E-state index contributed by atoms with van der Waals surface area (Å²) in [5.74, 6) is -4.17. The first kappa shape index (κ1) is 15.5. The predicted octanol–water partition coefficient (Wildman–Crippen LogP) is 1.36. The van der Waals surface area contributed by atoms with Crippen molar-refractivity contribution in [3.8, 4) is 5.75 Å². The number of aromatic amines is 1. The van der Waals surface area contributed by atoms with Gasteiger partial charge in [0.1, 0.15) is 5.56 Å². The zero-order chi connectivity index (χ0) is 15.5. The minimum atomic E-state index is -5.29. The van der Waals surface area contributed by atoms with E-state index in [0.717, 1.165) is 0 Å². The molecule has 0 aliphatic rings. The SMILES string of the molecule is CCOC(=O)c1cc(=O)[nH]c([N+](=O)[O-])c1OC(F)(F)F. The molecule has 110 valence electrons. The average Bonchev–Trinajstić information content (AvgIpc) is 2.29. The van der Waals surface area contributed by atoms with Crippen LogP contribution in [-0.4, -0.2) is 28.8 Å². The molecule has 8 nitrogen and oxygen atoms in total. The van der Waals surface area contributed by atoms with Crippen molar-refractivity contribution in [3.63, 3.8) is 0 Å². The Morgan fingerprint density at radius 3 is 2.55 bits per heavy atom. The van der Waals surface area contributed by atoms with Gasteiger partial charge in [0.25, 0.3) is 0 Å². The standard InChI is InChI=1S/C9H7F3N2O6/c1-2-19-8(16)4-3-5(15)13-7(14(17)18)6(4)20-9(10,11)12/h3H,2H2,1H3,(H,13,15). The highest BCUT2D eigenvalue weighted by Crippen LogP contribution is 2.33. The molecule has 0 unspecified atom stereocenters. The molecule has 0 aliphatic carbocycles. The molecule has 1 aromatic heterocycles. The Bertz CT molecular complexity index is 594. The zero-order valence-electron chi connectivity index (χ0n) is 9.82. The van der Waals surface area contributed by atoms with E-state index < -0.39 is 39.9 Å². The molecule has 11 heteroatoms. The lowest BCUT2D eigenvalue weighted by molar-refractivity contribution is -0.393. The van der Waals surface area contributed by atoms with Crippen LogP contribution in [0.25, 0.3) is 0 Å². The van der Waals surface area contributed by atoms with Gasteiger partial charge in [0.05, 0.1) is 6.61 Å². The van der Waals surface area contributed by atoms with Crippen LogP contribution >= 0.6 is 0 Å². The first-order valence-electron chi connectivity index (χ1n) is 5.00. The molecule has 0 amide bonds. The van der Waals surface area contributed by atoms with E-state index in [-0.39, 0.29) is 6.61 Å². The third-order valence-electron chi connectivity index (χ3n) is 1.87. The van der Waals surface area contributed by atoms with Gasteiger partial charge < -0.3 is 19.6 Å². The Labute approximate surface area is 108 Å². The van der Waals surface area contributed by atoms with Gasteiger partial charge in [-0.3, -0.25) is 0 Å². The molecule has 1 heterocycles. The fourth-order valence-corrected chi connectivity index (χ4v) is 1.24. The van der Waals surface area contributed by atoms with Crippen molar-refractivity contribution >= 4 is 11.8 Å². The van der Waals surface area contributed by atoms with E-state index in [1.165, 1.54) is 6.92 Å². The third kappa shape index (κ3) is 3.70. The maximum atomic E-state index is 12.2. The second kappa shape index (κ2) is 5.59.